The summed E-state index contributed by atoms with van der Waals surface area (Å²) in [7, 11) is 1.66. The van der Waals surface area contributed by atoms with E-state index in [1.807, 2.05) is 12.1 Å². The van der Waals surface area contributed by atoms with E-state index in [1.54, 1.807) is 30.1 Å². The Hall–Kier alpha value is -2.72. The first kappa shape index (κ1) is 14.7. The van der Waals surface area contributed by atoms with E-state index >= 15 is 0 Å². The predicted molar refractivity (Wildman–Crippen MR) is 77.0 cm³/mol. The Morgan fingerprint density at radius 3 is 2.90 bits per heavy atom. The van der Waals surface area contributed by atoms with Gasteiger partial charge in [0.2, 0.25) is 11.0 Å². The average molecular weight is 304 g/mol. The van der Waals surface area contributed by atoms with Gasteiger partial charge < -0.3 is 4.90 Å². The lowest BCUT2D eigenvalue weighted by Crippen LogP contribution is -2.19. The van der Waals surface area contributed by atoms with Crippen LogP contribution in [0.2, 0.25) is 5.15 Å². The monoisotopic (exact) mass is 303 g/mol. The highest BCUT2D eigenvalue weighted by Crippen LogP contribution is 2.31. The second-order valence-electron chi connectivity index (χ2n) is 4.26. The molecular weight excluding hydrogens is 294 g/mol. The van der Waals surface area contributed by atoms with Gasteiger partial charge in [-0.1, -0.05) is 23.7 Å². The van der Waals surface area contributed by atoms with E-state index in [4.69, 9.17) is 16.9 Å². The first-order chi connectivity index (χ1) is 10.0. The third-order valence-corrected chi connectivity index (χ3v) is 3.05. The van der Waals surface area contributed by atoms with Crippen LogP contribution in [0.3, 0.4) is 0 Å². The average Bonchev–Trinajstić information content (AvgIpc) is 2.46. The van der Waals surface area contributed by atoms with Crippen LogP contribution in [-0.4, -0.2) is 21.9 Å². The van der Waals surface area contributed by atoms with Crippen LogP contribution < -0.4 is 4.90 Å². The van der Waals surface area contributed by atoms with Crippen molar-refractivity contribution < 1.29 is 4.92 Å². The first-order valence-corrected chi connectivity index (χ1v) is 6.25. The van der Waals surface area contributed by atoms with Crippen molar-refractivity contribution in [2.24, 2.45) is 0 Å². The lowest BCUT2D eigenvalue weighted by molar-refractivity contribution is -0.384. The molecule has 0 aliphatic carbocycles. The summed E-state index contributed by atoms with van der Waals surface area (Å²) in [5.41, 5.74) is 1.02. The van der Waals surface area contributed by atoms with Crippen molar-refractivity contribution in [3.05, 3.63) is 57.0 Å². The Bertz CT molecular complexity index is 729. The van der Waals surface area contributed by atoms with Crippen LogP contribution in [0.5, 0.6) is 0 Å². The lowest BCUT2D eigenvalue weighted by atomic mass is 10.1. The molecule has 0 atom stereocenters. The molecule has 0 aliphatic heterocycles. The third kappa shape index (κ3) is 3.24. The number of nitriles is 1. The molecule has 0 radical (unpaired) electrons. The zero-order valence-electron chi connectivity index (χ0n) is 11.0. The summed E-state index contributed by atoms with van der Waals surface area (Å²) in [4.78, 5) is 19.6. The fourth-order valence-electron chi connectivity index (χ4n) is 1.87. The summed E-state index contributed by atoms with van der Waals surface area (Å²) in [6.07, 6.45) is 1.17. The van der Waals surface area contributed by atoms with Crippen LogP contribution in [0, 0.1) is 21.4 Å². The highest BCUT2D eigenvalue weighted by Gasteiger charge is 2.24. The Balaban J connectivity index is 2.33. The molecule has 0 saturated heterocycles. The van der Waals surface area contributed by atoms with E-state index in [-0.39, 0.29) is 16.7 Å². The number of rotatable bonds is 4. The highest BCUT2D eigenvalue weighted by atomic mass is 35.5. The quantitative estimate of drug-likeness (QED) is 0.489. The van der Waals surface area contributed by atoms with E-state index in [0.717, 1.165) is 5.56 Å². The van der Waals surface area contributed by atoms with Crippen molar-refractivity contribution in [2.45, 2.75) is 6.54 Å². The standard InChI is InChI=1S/C13H10ClN5O2/c1-18(7-10-4-2-3-9(5-10)6-15)13-11(19(20)21)12(14)16-8-17-13/h2-5,8H,7H2,1H3. The number of halogens is 1. The number of nitro groups is 1. The lowest BCUT2D eigenvalue weighted by Gasteiger charge is -2.18. The van der Waals surface area contributed by atoms with Gasteiger partial charge in [-0.25, -0.2) is 9.97 Å². The minimum absolute atomic E-state index is 0.127. The summed E-state index contributed by atoms with van der Waals surface area (Å²) in [5.74, 6) is 0.127. The van der Waals surface area contributed by atoms with Gasteiger partial charge in [-0.2, -0.15) is 5.26 Å². The molecule has 1 aromatic carbocycles. The van der Waals surface area contributed by atoms with Gasteiger partial charge in [0.15, 0.2) is 0 Å². The van der Waals surface area contributed by atoms with Gasteiger partial charge in [-0.3, -0.25) is 10.1 Å². The smallest absolute Gasteiger partial charge is 0.348 e. The normalized spacial score (nSPS) is 9.95. The fourth-order valence-corrected chi connectivity index (χ4v) is 2.07. The maximum Gasteiger partial charge on any atom is 0.348 e. The van der Waals surface area contributed by atoms with Gasteiger partial charge in [-0.05, 0) is 17.7 Å². The first-order valence-electron chi connectivity index (χ1n) is 5.88. The zero-order chi connectivity index (χ0) is 15.4. The highest BCUT2D eigenvalue weighted by molar-refractivity contribution is 6.31. The van der Waals surface area contributed by atoms with Crippen molar-refractivity contribution in [3.8, 4) is 6.07 Å². The topological polar surface area (TPSA) is 96.0 Å². The molecule has 0 unspecified atom stereocenters. The summed E-state index contributed by atoms with van der Waals surface area (Å²) in [5, 5.41) is 19.7. The van der Waals surface area contributed by atoms with Crippen LogP contribution >= 0.6 is 11.6 Å². The predicted octanol–water partition coefficient (Wildman–Crippen LogP) is 2.55. The maximum absolute atomic E-state index is 11.1. The Morgan fingerprint density at radius 1 is 1.48 bits per heavy atom. The van der Waals surface area contributed by atoms with Crippen LogP contribution in [0.4, 0.5) is 11.5 Å². The molecule has 1 aromatic heterocycles. The number of nitrogens with zero attached hydrogens (tertiary/aromatic N) is 5. The molecule has 8 heteroatoms. The van der Waals surface area contributed by atoms with Crippen molar-refractivity contribution in [2.75, 3.05) is 11.9 Å². The zero-order valence-corrected chi connectivity index (χ0v) is 11.8. The van der Waals surface area contributed by atoms with Crippen LogP contribution in [0.1, 0.15) is 11.1 Å². The molecule has 2 rings (SSSR count). The third-order valence-electron chi connectivity index (χ3n) is 2.78. The molecule has 7 nitrogen and oxygen atoms in total. The number of hydrogen-bond acceptors (Lipinski definition) is 6. The number of anilines is 1. The van der Waals surface area contributed by atoms with Crippen LogP contribution in [-0.2, 0) is 6.54 Å². The minimum Gasteiger partial charge on any atom is -0.349 e. The number of benzene rings is 1. The fraction of sp³-hybridized carbons (Fsp3) is 0.154. The molecule has 0 saturated carbocycles. The number of aromatic nitrogens is 2. The Labute approximate surface area is 125 Å². The molecule has 0 bridgehead atoms. The summed E-state index contributed by atoms with van der Waals surface area (Å²) < 4.78 is 0. The largest absolute Gasteiger partial charge is 0.349 e. The van der Waals surface area contributed by atoms with E-state index in [9.17, 15) is 10.1 Å². The molecule has 1 heterocycles. The van der Waals surface area contributed by atoms with Gasteiger partial charge in [-0.15, -0.1) is 0 Å². The second-order valence-corrected chi connectivity index (χ2v) is 4.62. The van der Waals surface area contributed by atoms with Crippen molar-refractivity contribution in [1.29, 1.82) is 5.26 Å². The van der Waals surface area contributed by atoms with Crippen LogP contribution in [0.25, 0.3) is 0 Å². The molecule has 0 spiro atoms. The Kier molecular flexibility index (Phi) is 4.30. The van der Waals surface area contributed by atoms with Crippen molar-refractivity contribution in [3.63, 3.8) is 0 Å². The molecule has 0 fully saturated rings. The minimum atomic E-state index is -0.611. The van der Waals surface area contributed by atoms with Crippen LogP contribution in [0.15, 0.2) is 30.6 Å². The molecule has 0 amide bonds. The van der Waals surface area contributed by atoms with E-state index in [1.165, 1.54) is 6.33 Å². The summed E-state index contributed by atoms with van der Waals surface area (Å²) in [6.45, 7) is 0.351. The SMILES string of the molecule is CN(Cc1cccc(C#N)c1)c1ncnc(Cl)c1[N+](=O)[O-]. The molecular formula is C13H10ClN5O2. The maximum atomic E-state index is 11.1. The Morgan fingerprint density at radius 2 is 2.24 bits per heavy atom. The van der Waals surface area contributed by atoms with E-state index in [0.29, 0.717) is 12.1 Å². The number of hydrogen-bond donors (Lipinski definition) is 0. The molecule has 2 aromatic rings. The molecule has 0 aliphatic rings. The van der Waals surface area contributed by atoms with Gasteiger partial charge >= 0.3 is 5.69 Å². The van der Waals surface area contributed by atoms with Gasteiger partial charge in [0, 0.05) is 13.6 Å². The van der Waals surface area contributed by atoms with Crippen molar-refractivity contribution in [1.82, 2.24) is 9.97 Å². The van der Waals surface area contributed by atoms with E-state index < -0.39 is 4.92 Å². The summed E-state index contributed by atoms with van der Waals surface area (Å²) in [6, 6.07) is 9.03. The molecule has 0 N–H and O–H groups in total. The molecule has 21 heavy (non-hydrogen) atoms. The molecule has 106 valence electrons. The van der Waals surface area contributed by atoms with Gasteiger partial charge in [0.05, 0.1) is 16.6 Å². The van der Waals surface area contributed by atoms with E-state index in [2.05, 4.69) is 9.97 Å². The van der Waals surface area contributed by atoms with Gasteiger partial charge in [0.25, 0.3) is 0 Å². The second kappa shape index (κ2) is 6.15. The summed E-state index contributed by atoms with van der Waals surface area (Å²) >= 11 is 5.76. The van der Waals surface area contributed by atoms with Crippen molar-refractivity contribution >= 4 is 23.1 Å². The van der Waals surface area contributed by atoms with Gasteiger partial charge in [0.1, 0.15) is 6.33 Å².